The van der Waals surface area contributed by atoms with Crippen LogP contribution in [0.3, 0.4) is 0 Å². The Labute approximate surface area is 139 Å². The minimum absolute atomic E-state index is 0.0328. The summed E-state index contributed by atoms with van der Waals surface area (Å²) in [5, 5.41) is 10.8. The summed E-state index contributed by atoms with van der Waals surface area (Å²) in [6, 6.07) is 14.7. The molecule has 0 bridgehead atoms. The minimum Gasteiger partial charge on any atom is -0.496 e. The Kier molecular flexibility index (Phi) is 4.33. The summed E-state index contributed by atoms with van der Waals surface area (Å²) in [7, 11) is 1.63. The van der Waals surface area contributed by atoms with Crippen molar-refractivity contribution >= 4 is 16.7 Å². The molecule has 5 nitrogen and oxygen atoms in total. The second kappa shape index (κ2) is 6.58. The smallest absolute Gasteiger partial charge is 0.354 e. The van der Waals surface area contributed by atoms with E-state index >= 15 is 0 Å². The highest BCUT2D eigenvalue weighted by Gasteiger charge is 2.12. The Morgan fingerprint density at radius 1 is 1.17 bits per heavy atom. The standard InChI is InChI=1S/C19H17NO4/c1-12-9-13(7-8-17(12)23-2)11-24-18-15-6-4-3-5-14(15)10-16(20-18)19(21)22/h3-10H,11H2,1-2H3,(H,21,22). The summed E-state index contributed by atoms with van der Waals surface area (Å²) >= 11 is 0. The molecule has 0 saturated heterocycles. The van der Waals surface area contributed by atoms with E-state index in [9.17, 15) is 9.90 Å². The van der Waals surface area contributed by atoms with Crippen LogP contribution >= 0.6 is 0 Å². The van der Waals surface area contributed by atoms with Crippen molar-refractivity contribution in [2.45, 2.75) is 13.5 Å². The Morgan fingerprint density at radius 2 is 1.96 bits per heavy atom. The van der Waals surface area contributed by atoms with Crippen molar-refractivity contribution in [1.29, 1.82) is 0 Å². The van der Waals surface area contributed by atoms with Crippen LogP contribution in [0.4, 0.5) is 0 Å². The molecule has 0 aliphatic carbocycles. The number of methoxy groups -OCH3 is 1. The van der Waals surface area contributed by atoms with Crippen LogP contribution in [0.15, 0.2) is 48.5 Å². The van der Waals surface area contributed by atoms with Gasteiger partial charge in [0.2, 0.25) is 5.88 Å². The maximum Gasteiger partial charge on any atom is 0.354 e. The molecule has 122 valence electrons. The van der Waals surface area contributed by atoms with Crippen LogP contribution in [0.5, 0.6) is 11.6 Å². The number of rotatable bonds is 5. The minimum atomic E-state index is -1.08. The van der Waals surface area contributed by atoms with Gasteiger partial charge in [-0.3, -0.25) is 0 Å². The molecule has 0 radical (unpaired) electrons. The highest BCUT2D eigenvalue weighted by molar-refractivity contribution is 5.94. The van der Waals surface area contributed by atoms with Crippen molar-refractivity contribution in [2.24, 2.45) is 0 Å². The van der Waals surface area contributed by atoms with Gasteiger partial charge < -0.3 is 14.6 Å². The number of pyridine rings is 1. The molecule has 3 rings (SSSR count). The molecule has 2 aromatic carbocycles. The second-order valence-corrected chi connectivity index (χ2v) is 5.43. The van der Waals surface area contributed by atoms with Gasteiger partial charge in [0.1, 0.15) is 12.4 Å². The first-order valence-corrected chi connectivity index (χ1v) is 7.48. The number of aromatic carboxylic acids is 1. The molecular formula is C19H17NO4. The normalized spacial score (nSPS) is 10.6. The van der Waals surface area contributed by atoms with Crippen molar-refractivity contribution in [2.75, 3.05) is 7.11 Å². The Morgan fingerprint density at radius 3 is 2.67 bits per heavy atom. The van der Waals surface area contributed by atoms with Crippen LogP contribution in [0, 0.1) is 6.92 Å². The van der Waals surface area contributed by atoms with E-state index < -0.39 is 5.97 Å². The van der Waals surface area contributed by atoms with E-state index in [1.165, 1.54) is 0 Å². The maximum atomic E-state index is 11.3. The number of aromatic nitrogens is 1. The first-order valence-electron chi connectivity index (χ1n) is 7.48. The van der Waals surface area contributed by atoms with Crippen LogP contribution < -0.4 is 9.47 Å². The van der Waals surface area contributed by atoms with E-state index in [0.29, 0.717) is 12.5 Å². The molecular weight excluding hydrogens is 306 g/mol. The number of carboxylic acid groups (broad SMARTS) is 1. The predicted octanol–water partition coefficient (Wildman–Crippen LogP) is 3.83. The van der Waals surface area contributed by atoms with E-state index in [0.717, 1.165) is 27.6 Å². The van der Waals surface area contributed by atoms with Gasteiger partial charge in [0.05, 0.1) is 7.11 Å². The number of benzene rings is 2. The number of fused-ring (bicyclic) bond motifs is 1. The van der Waals surface area contributed by atoms with E-state index in [1.807, 2.05) is 49.4 Å². The zero-order valence-corrected chi connectivity index (χ0v) is 13.4. The highest BCUT2D eigenvalue weighted by atomic mass is 16.5. The quantitative estimate of drug-likeness (QED) is 0.773. The number of hydrogen-bond acceptors (Lipinski definition) is 4. The van der Waals surface area contributed by atoms with Gasteiger partial charge in [-0.05, 0) is 47.7 Å². The zero-order chi connectivity index (χ0) is 17.1. The fraction of sp³-hybridized carbons (Fsp3) is 0.158. The van der Waals surface area contributed by atoms with Gasteiger partial charge >= 0.3 is 5.97 Å². The molecule has 0 saturated carbocycles. The molecule has 5 heteroatoms. The number of hydrogen-bond donors (Lipinski definition) is 1. The lowest BCUT2D eigenvalue weighted by Gasteiger charge is -2.11. The van der Waals surface area contributed by atoms with Crippen LogP contribution in [0.2, 0.25) is 0 Å². The number of carboxylic acids is 1. The van der Waals surface area contributed by atoms with Gasteiger partial charge in [-0.15, -0.1) is 0 Å². The van der Waals surface area contributed by atoms with Gasteiger partial charge in [0.15, 0.2) is 5.69 Å². The van der Waals surface area contributed by atoms with Gasteiger partial charge in [0, 0.05) is 5.39 Å². The van der Waals surface area contributed by atoms with E-state index in [-0.39, 0.29) is 5.69 Å². The topological polar surface area (TPSA) is 68.7 Å². The average molecular weight is 323 g/mol. The van der Waals surface area contributed by atoms with Crippen LogP contribution in [0.25, 0.3) is 10.8 Å². The number of carbonyl (C=O) groups is 1. The molecule has 0 unspecified atom stereocenters. The third-order valence-electron chi connectivity index (χ3n) is 3.76. The molecule has 0 amide bonds. The lowest BCUT2D eigenvalue weighted by Crippen LogP contribution is -2.04. The fourth-order valence-corrected chi connectivity index (χ4v) is 2.57. The van der Waals surface area contributed by atoms with Crippen molar-refractivity contribution in [3.8, 4) is 11.6 Å². The monoisotopic (exact) mass is 323 g/mol. The summed E-state index contributed by atoms with van der Waals surface area (Å²) < 4.78 is 11.1. The SMILES string of the molecule is COc1ccc(COc2nc(C(=O)O)cc3ccccc23)cc1C. The Balaban J connectivity index is 1.92. The molecule has 0 fully saturated rings. The van der Waals surface area contributed by atoms with Crippen molar-refractivity contribution < 1.29 is 19.4 Å². The van der Waals surface area contributed by atoms with Crippen molar-refractivity contribution in [3.63, 3.8) is 0 Å². The van der Waals surface area contributed by atoms with E-state index in [4.69, 9.17) is 9.47 Å². The molecule has 1 aromatic heterocycles. The number of ether oxygens (including phenoxy) is 2. The maximum absolute atomic E-state index is 11.3. The molecule has 0 atom stereocenters. The summed E-state index contributed by atoms with van der Waals surface area (Å²) in [5.74, 6) is 0.0556. The van der Waals surface area contributed by atoms with Gasteiger partial charge in [0.25, 0.3) is 0 Å². The summed E-state index contributed by atoms with van der Waals surface area (Å²) in [4.78, 5) is 15.4. The fourth-order valence-electron chi connectivity index (χ4n) is 2.57. The lowest BCUT2D eigenvalue weighted by molar-refractivity contribution is 0.0689. The molecule has 24 heavy (non-hydrogen) atoms. The van der Waals surface area contributed by atoms with Crippen LogP contribution in [0.1, 0.15) is 21.6 Å². The van der Waals surface area contributed by atoms with Crippen molar-refractivity contribution in [3.05, 3.63) is 65.4 Å². The summed E-state index contributed by atoms with van der Waals surface area (Å²) in [6.45, 7) is 2.26. The lowest BCUT2D eigenvalue weighted by atomic mass is 10.1. The Bertz CT molecular complexity index is 905. The summed E-state index contributed by atoms with van der Waals surface area (Å²) in [5.41, 5.74) is 1.94. The Hall–Kier alpha value is -3.08. The van der Waals surface area contributed by atoms with E-state index in [2.05, 4.69) is 4.98 Å². The molecule has 1 heterocycles. The first kappa shape index (κ1) is 15.8. The second-order valence-electron chi connectivity index (χ2n) is 5.43. The summed E-state index contributed by atoms with van der Waals surface area (Å²) in [6.07, 6.45) is 0. The molecule has 0 spiro atoms. The van der Waals surface area contributed by atoms with Gasteiger partial charge in [-0.25, -0.2) is 9.78 Å². The zero-order valence-electron chi connectivity index (χ0n) is 13.4. The molecule has 0 aliphatic rings. The molecule has 3 aromatic rings. The van der Waals surface area contributed by atoms with E-state index in [1.54, 1.807) is 13.2 Å². The predicted molar refractivity (Wildman–Crippen MR) is 90.8 cm³/mol. The molecule has 1 N–H and O–H groups in total. The van der Waals surface area contributed by atoms with Crippen molar-refractivity contribution in [1.82, 2.24) is 4.98 Å². The first-order chi connectivity index (χ1) is 11.6. The number of nitrogens with zero attached hydrogens (tertiary/aromatic N) is 1. The van der Waals surface area contributed by atoms with Gasteiger partial charge in [-0.2, -0.15) is 0 Å². The van der Waals surface area contributed by atoms with Crippen LogP contribution in [-0.2, 0) is 6.61 Å². The third-order valence-corrected chi connectivity index (χ3v) is 3.76. The van der Waals surface area contributed by atoms with Crippen LogP contribution in [-0.4, -0.2) is 23.2 Å². The highest BCUT2D eigenvalue weighted by Crippen LogP contribution is 2.26. The third kappa shape index (κ3) is 3.15. The average Bonchev–Trinajstić information content (AvgIpc) is 2.59. The molecule has 0 aliphatic heterocycles. The number of aryl methyl sites for hydroxylation is 1. The largest absolute Gasteiger partial charge is 0.496 e. The van der Waals surface area contributed by atoms with Gasteiger partial charge in [-0.1, -0.05) is 24.3 Å².